The zero-order chi connectivity index (χ0) is 32.9. The molecule has 9 rings (SSSR count). The van der Waals surface area contributed by atoms with Crippen LogP contribution >= 0.6 is 0 Å². The Morgan fingerprint density at radius 3 is 1.49 bits per heavy atom. The summed E-state index contributed by atoms with van der Waals surface area (Å²) in [6.45, 7) is 4.40. The molecule has 1 nitrogen and oxygen atoms in total. The van der Waals surface area contributed by atoms with Gasteiger partial charge in [0.2, 0.25) is 0 Å². The van der Waals surface area contributed by atoms with E-state index in [1.54, 1.807) is 0 Å². The van der Waals surface area contributed by atoms with E-state index >= 15 is 0 Å². The summed E-state index contributed by atoms with van der Waals surface area (Å²) < 4.78 is 2.43. The number of nitrogens with zero attached hydrogens (tertiary/aromatic N) is 1. The predicted molar refractivity (Wildman–Crippen MR) is 210 cm³/mol. The molecule has 0 unspecified atom stereocenters. The summed E-state index contributed by atoms with van der Waals surface area (Å²) in [5, 5.41) is 7.53. The lowest BCUT2D eigenvalue weighted by molar-refractivity contribution is 1.10. The highest BCUT2D eigenvalue weighted by Crippen LogP contribution is 2.46. The van der Waals surface area contributed by atoms with E-state index < -0.39 is 0 Å². The van der Waals surface area contributed by atoms with Gasteiger partial charge < -0.3 is 4.57 Å². The Morgan fingerprint density at radius 1 is 0.327 bits per heavy atom. The summed E-state index contributed by atoms with van der Waals surface area (Å²) in [5.74, 6) is 0. The molecule has 1 heteroatoms. The fraction of sp³-hybridized carbons (Fsp3) is 0.0417. The first-order valence-corrected chi connectivity index (χ1v) is 17.0. The smallest absolute Gasteiger partial charge is 0.0535 e. The molecule has 0 fully saturated rings. The summed E-state index contributed by atoms with van der Waals surface area (Å²) in [6, 6.07) is 64.5. The fourth-order valence-corrected chi connectivity index (χ4v) is 7.77. The fourth-order valence-electron chi connectivity index (χ4n) is 7.77. The van der Waals surface area contributed by atoms with Crippen LogP contribution in [0.5, 0.6) is 0 Å². The molecule has 0 atom stereocenters. The SMILES string of the molecule is Cc1cc(C)cc(-c2c3ccccc3c(-c3ccc4ccccc4c3)c3ccc(-n4c(-c5ccccc5)ccc4-c4ccccc4)cc23)c1. The van der Waals surface area contributed by atoms with Gasteiger partial charge in [0.1, 0.15) is 0 Å². The van der Waals surface area contributed by atoms with Crippen LogP contribution < -0.4 is 0 Å². The quantitative estimate of drug-likeness (QED) is 0.168. The first-order chi connectivity index (χ1) is 24.1. The van der Waals surface area contributed by atoms with Crippen LogP contribution in [-0.4, -0.2) is 4.57 Å². The average Bonchev–Trinajstić information content (AvgIpc) is 3.59. The first-order valence-electron chi connectivity index (χ1n) is 17.0. The second-order valence-corrected chi connectivity index (χ2v) is 13.1. The topological polar surface area (TPSA) is 4.93 Å². The summed E-state index contributed by atoms with van der Waals surface area (Å²) in [6.07, 6.45) is 0. The molecule has 8 aromatic carbocycles. The third-order valence-corrected chi connectivity index (χ3v) is 9.83. The van der Waals surface area contributed by atoms with Crippen molar-refractivity contribution in [2.24, 2.45) is 0 Å². The molecule has 1 aromatic heterocycles. The predicted octanol–water partition coefficient (Wildman–Crippen LogP) is 13.2. The Labute approximate surface area is 287 Å². The third-order valence-electron chi connectivity index (χ3n) is 9.83. The Kier molecular flexibility index (Phi) is 6.99. The van der Waals surface area contributed by atoms with Crippen molar-refractivity contribution >= 4 is 32.3 Å². The molecule has 9 aromatic rings. The van der Waals surface area contributed by atoms with E-state index in [1.807, 2.05) is 0 Å². The Morgan fingerprint density at radius 2 is 0.857 bits per heavy atom. The van der Waals surface area contributed by atoms with Crippen molar-refractivity contribution in [2.75, 3.05) is 0 Å². The zero-order valence-electron chi connectivity index (χ0n) is 27.7. The molecule has 0 spiro atoms. The van der Waals surface area contributed by atoms with Gasteiger partial charge in [0, 0.05) is 5.69 Å². The number of hydrogen-bond donors (Lipinski definition) is 0. The van der Waals surface area contributed by atoms with Gasteiger partial charge in [-0.05, 0) is 110 Å². The van der Waals surface area contributed by atoms with Crippen molar-refractivity contribution in [1.29, 1.82) is 0 Å². The van der Waals surface area contributed by atoms with Gasteiger partial charge in [-0.3, -0.25) is 0 Å². The number of rotatable bonds is 5. The van der Waals surface area contributed by atoms with Crippen LogP contribution in [-0.2, 0) is 0 Å². The van der Waals surface area contributed by atoms with Crippen LogP contribution in [0.2, 0.25) is 0 Å². The van der Waals surface area contributed by atoms with Crippen LogP contribution in [0.25, 0.3) is 82.8 Å². The summed E-state index contributed by atoms with van der Waals surface area (Å²) >= 11 is 0. The number of aromatic nitrogens is 1. The molecule has 0 N–H and O–H groups in total. The summed E-state index contributed by atoms with van der Waals surface area (Å²) in [7, 11) is 0. The van der Waals surface area contributed by atoms with E-state index in [-0.39, 0.29) is 0 Å². The minimum atomic E-state index is 1.14. The highest BCUT2D eigenvalue weighted by atomic mass is 15.0. The van der Waals surface area contributed by atoms with Crippen LogP contribution in [0, 0.1) is 13.8 Å². The van der Waals surface area contributed by atoms with Crippen molar-refractivity contribution in [2.45, 2.75) is 13.8 Å². The third kappa shape index (κ3) is 5.03. The second kappa shape index (κ2) is 11.8. The molecule has 0 saturated carbocycles. The molecule has 232 valence electrons. The molecular weight excluding hydrogens is 591 g/mol. The summed E-state index contributed by atoms with van der Waals surface area (Å²) in [4.78, 5) is 0. The van der Waals surface area contributed by atoms with Gasteiger partial charge in [-0.15, -0.1) is 0 Å². The molecule has 0 saturated heterocycles. The second-order valence-electron chi connectivity index (χ2n) is 13.1. The van der Waals surface area contributed by atoms with Crippen molar-refractivity contribution in [3.63, 3.8) is 0 Å². The maximum atomic E-state index is 2.43. The van der Waals surface area contributed by atoms with Gasteiger partial charge in [-0.1, -0.05) is 157 Å². The lowest BCUT2D eigenvalue weighted by atomic mass is 9.84. The van der Waals surface area contributed by atoms with Crippen LogP contribution in [0.3, 0.4) is 0 Å². The molecule has 0 bridgehead atoms. The normalized spacial score (nSPS) is 11.5. The highest BCUT2D eigenvalue weighted by Gasteiger charge is 2.20. The van der Waals surface area contributed by atoms with Gasteiger partial charge in [0.25, 0.3) is 0 Å². The molecular formula is C48H35N. The minimum absolute atomic E-state index is 1.14. The van der Waals surface area contributed by atoms with Crippen LogP contribution in [0.4, 0.5) is 0 Å². The Bertz CT molecular complexity index is 2580. The minimum Gasteiger partial charge on any atom is -0.309 e. The van der Waals surface area contributed by atoms with Crippen molar-refractivity contribution in [3.8, 4) is 50.5 Å². The summed E-state index contributed by atoms with van der Waals surface area (Å²) in [5.41, 5.74) is 13.4. The maximum Gasteiger partial charge on any atom is 0.0535 e. The number of hydrogen-bond acceptors (Lipinski definition) is 0. The van der Waals surface area contributed by atoms with E-state index in [0.29, 0.717) is 0 Å². The molecule has 0 aliphatic rings. The zero-order valence-corrected chi connectivity index (χ0v) is 27.7. The molecule has 1 heterocycles. The van der Waals surface area contributed by atoms with E-state index in [1.165, 1.54) is 88.2 Å². The number of fused-ring (bicyclic) bond motifs is 3. The lowest BCUT2D eigenvalue weighted by Crippen LogP contribution is -2.00. The van der Waals surface area contributed by atoms with Gasteiger partial charge in [0.05, 0.1) is 11.4 Å². The Hall–Kier alpha value is -6.18. The Balaban J connectivity index is 1.41. The van der Waals surface area contributed by atoms with E-state index in [0.717, 1.165) is 5.69 Å². The monoisotopic (exact) mass is 625 g/mol. The average molecular weight is 626 g/mol. The van der Waals surface area contributed by atoms with Gasteiger partial charge in [-0.25, -0.2) is 0 Å². The lowest BCUT2D eigenvalue weighted by Gasteiger charge is -2.21. The molecule has 49 heavy (non-hydrogen) atoms. The van der Waals surface area contributed by atoms with Crippen molar-refractivity contribution in [3.05, 3.63) is 187 Å². The molecule has 0 aliphatic carbocycles. The maximum absolute atomic E-state index is 2.43. The van der Waals surface area contributed by atoms with E-state index in [2.05, 4.69) is 194 Å². The molecule has 0 amide bonds. The number of benzene rings is 8. The van der Waals surface area contributed by atoms with Crippen LogP contribution in [0.1, 0.15) is 11.1 Å². The van der Waals surface area contributed by atoms with Gasteiger partial charge in [0.15, 0.2) is 0 Å². The van der Waals surface area contributed by atoms with Crippen molar-refractivity contribution in [1.82, 2.24) is 4.57 Å². The largest absolute Gasteiger partial charge is 0.309 e. The molecule has 0 radical (unpaired) electrons. The highest BCUT2D eigenvalue weighted by molar-refractivity contribution is 6.22. The van der Waals surface area contributed by atoms with Crippen LogP contribution in [0.15, 0.2) is 176 Å². The first kappa shape index (κ1) is 29.0. The molecule has 0 aliphatic heterocycles. The van der Waals surface area contributed by atoms with E-state index in [4.69, 9.17) is 0 Å². The number of aryl methyl sites for hydroxylation is 2. The van der Waals surface area contributed by atoms with Gasteiger partial charge in [-0.2, -0.15) is 0 Å². The standard InChI is InChI=1S/C48H35N/c1-32-27-33(2)29-39(28-32)48-42-20-12-11-19-41(42)47(38-22-21-34-13-9-10-18-37(34)30-38)43-24-23-40(31-44(43)48)49-45(35-14-5-3-6-15-35)25-26-46(49)36-16-7-4-8-17-36/h3-31H,1-2H3. The van der Waals surface area contributed by atoms with Gasteiger partial charge >= 0.3 is 0 Å². The van der Waals surface area contributed by atoms with E-state index in [9.17, 15) is 0 Å². The van der Waals surface area contributed by atoms with Crippen molar-refractivity contribution < 1.29 is 0 Å².